The van der Waals surface area contributed by atoms with E-state index in [-0.39, 0.29) is 17.9 Å². The molecule has 22 heavy (non-hydrogen) atoms. The number of piperidine rings is 1. The lowest BCUT2D eigenvalue weighted by atomic mass is 10.0. The Morgan fingerprint density at radius 1 is 1.23 bits per heavy atom. The minimum atomic E-state index is -0.0461. The van der Waals surface area contributed by atoms with Crippen molar-refractivity contribution in [3.63, 3.8) is 0 Å². The van der Waals surface area contributed by atoms with Gasteiger partial charge in [-0.2, -0.15) is 0 Å². The Bertz CT molecular complexity index is 535. The fraction of sp³-hybridized carbons (Fsp3) is 0.529. The summed E-state index contributed by atoms with van der Waals surface area (Å²) < 4.78 is 0. The predicted molar refractivity (Wildman–Crippen MR) is 85.5 cm³/mol. The van der Waals surface area contributed by atoms with Crippen LogP contribution in [-0.2, 0) is 16.1 Å². The number of rotatable bonds is 4. The molecule has 1 atom stereocenters. The fourth-order valence-corrected chi connectivity index (χ4v) is 3.10. The Balaban J connectivity index is 1.52. The first-order valence-corrected chi connectivity index (χ1v) is 8.14. The van der Waals surface area contributed by atoms with Crippen molar-refractivity contribution in [2.75, 3.05) is 18.0 Å². The van der Waals surface area contributed by atoms with Gasteiger partial charge in [-0.25, -0.2) is 0 Å². The number of anilines is 1. The van der Waals surface area contributed by atoms with Crippen LogP contribution < -0.4 is 15.5 Å². The largest absolute Gasteiger partial charge is 0.351 e. The van der Waals surface area contributed by atoms with Crippen molar-refractivity contribution in [2.45, 2.75) is 44.7 Å². The number of amides is 2. The van der Waals surface area contributed by atoms with Gasteiger partial charge in [0.25, 0.3) is 0 Å². The molecule has 1 aromatic rings. The van der Waals surface area contributed by atoms with Gasteiger partial charge in [0.2, 0.25) is 11.8 Å². The number of carbonyl (C=O) groups excluding carboxylic acids is 2. The lowest BCUT2D eigenvalue weighted by Crippen LogP contribution is -2.46. The lowest BCUT2D eigenvalue weighted by Gasteiger charge is -2.22. The van der Waals surface area contributed by atoms with Crippen LogP contribution in [0.1, 0.15) is 37.7 Å². The molecule has 0 radical (unpaired) electrons. The Labute approximate surface area is 131 Å². The van der Waals surface area contributed by atoms with E-state index in [0.29, 0.717) is 13.0 Å². The van der Waals surface area contributed by atoms with E-state index < -0.39 is 0 Å². The van der Waals surface area contributed by atoms with Gasteiger partial charge >= 0.3 is 0 Å². The van der Waals surface area contributed by atoms with Crippen molar-refractivity contribution < 1.29 is 9.59 Å². The number of hydrogen-bond donors (Lipinski definition) is 2. The van der Waals surface area contributed by atoms with Crippen LogP contribution >= 0.6 is 0 Å². The summed E-state index contributed by atoms with van der Waals surface area (Å²) in [5.41, 5.74) is 2.01. The summed E-state index contributed by atoms with van der Waals surface area (Å²) in [6.07, 6.45) is 4.77. The molecule has 0 spiro atoms. The van der Waals surface area contributed by atoms with E-state index in [1.165, 1.54) is 0 Å². The molecule has 2 amide bonds. The third kappa shape index (κ3) is 3.47. The second-order valence-corrected chi connectivity index (χ2v) is 6.04. The summed E-state index contributed by atoms with van der Waals surface area (Å²) in [6, 6.07) is 7.84. The van der Waals surface area contributed by atoms with Gasteiger partial charge in [0.1, 0.15) is 0 Å². The molecule has 2 aliphatic rings. The molecule has 2 fully saturated rings. The number of benzene rings is 1. The Kier molecular flexibility index (Phi) is 4.73. The van der Waals surface area contributed by atoms with Gasteiger partial charge in [-0.05, 0) is 43.5 Å². The van der Waals surface area contributed by atoms with E-state index >= 15 is 0 Å². The quantitative estimate of drug-likeness (QED) is 0.887. The summed E-state index contributed by atoms with van der Waals surface area (Å²) in [6.45, 7) is 2.27. The topological polar surface area (TPSA) is 61.4 Å². The maximum atomic E-state index is 12.1. The molecule has 2 aliphatic heterocycles. The molecular weight excluding hydrogens is 278 g/mol. The highest BCUT2D eigenvalue weighted by Crippen LogP contribution is 2.21. The van der Waals surface area contributed by atoms with E-state index in [2.05, 4.69) is 10.6 Å². The molecule has 2 heterocycles. The van der Waals surface area contributed by atoms with Gasteiger partial charge < -0.3 is 15.5 Å². The minimum Gasteiger partial charge on any atom is -0.351 e. The molecule has 0 bridgehead atoms. The van der Waals surface area contributed by atoms with Gasteiger partial charge in [0.15, 0.2) is 0 Å². The maximum Gasteiger partial charge on any atom is 0.237 e. The molecule has 5 nitrogen and oxygen atoms in total. The van der Waals surface area contributed by atoms with Crippen molar-refractivity contribution in [3.8, 4) is 0 Å². The Hall–Kier alpha value is -1.88. The molecule has 5 heteroatoms. The monoisotopic (exact) mass is 301 g/mol. The number of carbonyl (C=O) groups is 2. The van der Waals surface area contributed by atoms with E-state index in [1.54, 1.807) is 0 Å². The van der Waals surface area contributed by atoms with Crippen LogP contribution in [0.2, 0.25) is 0 Å². The highest BCUT2D eigenvalue weighted by Gasteiger charge is 2.22. The molecule has 0 aliphatic carbocycles. The summed E-state index contributed by atoms with van der Waals surface area (Å²) in [5.74, 6) is 0.280. The van der Waals surface area contributed by atoms with E-state index in [9.17, 15) is 9.59 Å². The molecule has 0 aromatic heterocycles. The summed E-state index contributed by atoms with van der Waals surface area (Å²) in [7, 11) is 0. The molecule has 2 N–H and O–H groups in total. The fourth-order valence-electron chi connectivity index (χ4n) is 3.10. The zero-order valence-electron chi connectivity index (χ0n) is 12.8. The minimum absolute atomic E-state index is 0.0461. The van der Waals surface area contributed by atoms with Crippen molar-refractivity contribution in [2.24, 2.45) is 0 Å². The number of hydrogen-bond acceptors (Lipinski definition) is 3. The molecule has 0 unspecified atom stereocenters. The van der Waals surface area contributed by atoms with E-state index in [0.717, 1.165) is 50.0 Å². The van der Waals surface area contributed by atoms with Gasteiger partial charge in [-0.1, -0.05) is 18.6 Å². The second-order valence-electron chi connectivity index (χ2n) is 6.04. The van der Waals surface area contributed by atoms with E-state index in [1.807, 2.05) is 29.2 Å². The smallest absolute Gasteiger partial charge is 0.237 e. The van der Waals surface area contributed by atoms with Gasteiger partial charge in [-0.15, -0.1) is 0 Å². The van der Waals surface area contributed by atoms with Crippen LogP contribution in [-0.4, -0.2) is 30.9 Å². The third-order valence-corrected chi connectivity index (χ3v) is 4.41. The zero-order valence-corrected chi connectivity index (χ0v) is 12.8. The van der Waals surface area contributed by atoms with Crippen LogP contribution in [0.15, 0.2) is 24.3 Å². The molecule has 0 saturated carbocycles. The van der Waals surface area contributed by atoms with Crippen molar-refractivity contribution >= 4 is 17.5 Å². The highest BCUT2D eigenvalue weighted by atomic mass is 16.2. The van der Waals surface area contributed by atoms with E-state index in [4.69, 9.17) is 0 Å². The third-order valence-electron chi connectivity index (χ3n) is 4.41. The van der Waals surface area contributed by atoms with Crippen LogP contribution in [0.25, 0.3) is 0 Å². The first-order chi connectivity index (χ1) is 10.7. The standard InChI is InChI=1S/C17H23N3O2/c21-16-5-3-11-20(16)14-8-6-13(7-9-14)12-19-17(22)15-4-1-2-10-18-15/h6-9,15,18H,1-5,10-12H2,(H,19,22)/t15-/m0/s1. The van der Waals surface area contributed by atoms with Crippen molar-refractivity contribution in [1.82, 2.24) is 10.6 Å². The second kappa shape index (κ2) is 6.92. The average Bonchev–Trinajstić information content (AvgIpc) is 3.00. The van der Waals surface area contributed by atoms with Crippen LogP contribution in [0.3, 0.4) is 0 Å². The van der Waals surface area contributed by atoms with Gasteiger partial charge in [0.05, 0.1) is 6.04 Å². The number of nitrogens with zero attached hydrogens (tertiary/aromatic N) is 1. The molecule has 1 aromatic carbocycles. The molecule has 3 rings (SSSR count). The van der Waals surface area contributed by atoms with Crippen molar-refractivity contribution in [3.05, 3.63) is 29.8 Å². The predicted octanol–water partition coefficient (Wildman–Crippen LogP) is 1.57. The normalized spacial score (nSPS) is 21.9. The SMILES string of the molecule is O=C(NCc1ccc(N2CCCC2=O)cc1)[C@@H]1CCCCN1. The molecule has 118 valence electrons. The summed E-state index contributed by atoms with van der Waals surface area (Å²) in [4.78, 5) is 25.6. The summed E-state index contributed by atoms with van der Waals surface area (Å²) in [5, 5.41) is 6.23. The van der Waals surface area contributed by atoms with Crippen LogP contribution in [0.4, 0.5) is 5.69 Å². The van der Waals surface area contributed by atoms with Gasteiger partial charge in [-0.3, -0.25) is 9.59 Å². The van der Waals surface area contributed by atoms with Gasteiger partial charge in [0, 0.05) is 25.2 Å². The Morgan fingerprint density at radius 3 is 2.68 bits per heavy atom. The van der Waals surface area contributed by atoms with Crippen molar-refractivity contribution in [1.29, 1.82) is 0 Å². The number of nitrogens with one attached hydrogen (secondary N) is 2. The van der Waals surface area contributed by atoms with Crippen LogP contribution in [0.5, 0.6) is 0 Å². The van der Waals surface area contributed by atoms with Crippen LogP contribution in [0, 0.1) is 0 Å². The first kappa shape index (κ1) is 15.0. The maximum absolute atomic E-state index is 12.1. The molecular formula is C17H23N3O2. The zero-order chi connectivity index (χ0) is 15.4. The lowest BCUT2D eigenvalue weighted by molar-refractivity contribution is -0.123. The molecule has 2 saturated heterocycles. The summed E-state index contributed by atoms with van der Waals surface area (Å²) >= 11 is 0. The highest BCUT2D eigenvalue weighted by molar-refractivity contribution is 5.95. The Morgan fingerprint density at radius 2 is 2.05 bits per heavy atom. The first-order valence-electron chi connectivity index (χ1n) is 8.14. The average molecular weight is 301 g/mol.